The Labute approximate surface area is 168 Å². The maximum absolute atomic E-state index is 13.1. The van der Waals surface area contributed by atoms with Crippen molar-refractivity contribution in [1.82, 2.24) is 14.5 Å². The van der Waals surface area contributed by atoms with Crippen molar-refractivity contribution in [3.63, 3.8) is 0 Å². The van der Waals surface area contributed by atoms with Crippen LogP contribution in [0.5, 0.6) is 0 Å². The summed E-state index contributed by atoms with van der Waals surface area (Å²) in [6.45, 7) is 1.93. The van der Waals surface area contributed by atoms with Crippen LogP contribution in [0.3, 0.4) is 0 Å². The van der Waals surface area contributed by atoms with Crippen LogP contribution >= 0.6 is 0 Å². The van der Waals surface area contributed by atoms with Gasteiger partial charge < -0.3 is 9.47 Å². The number of rotatable bonds is 4. The van der Waals surface area contributed by atoms with Crippen LogP contribution in [0.15, 0.2) is 36.5 Å². The van der Waals surface area contributed by atoms with Gasteiger partial charge in [0.05, 0.1) is 0 Å². The monoisotopic (exact) mass is 377 g/mol. The van der Waals surface area contributed by atoms with Gasteiger partial charge in [-0.3, -0.25) is 4.79 Å². The Bertz CT molecular complexity index is 822. The molecule has 1 aliphatic carbocycles. The largest absolute Gasteiger partial charge is 0.334 e. The SMILES string of the molecule is O=C(c1cn2c(n1)CCC(C1CCCCC1)C2)N1CCC1Cc1ccccc1. The standard InChI is InChI=1S/C24H31N3O/c28-24(27-14-13-21(27)15-18-7-3-1-4-8-18)22-17-26-16-20(11-12-23(26)25-22)19-9-5-2-6-10-19/h1,3-4,7-8,17,19-21H,2,5-6,9-16H2. The minimum atomic E-state index is 0.128. The minimum absolute atomic E-state index is 0.128. The highest BCUT2D eigenvalue weighted by atomic mass is 16.2. The van der Waals surface area contributed by atoms with Gasteiger partial charge in [0.15, 0.2) is 0 Å². The molecule has 2 aromatic rings. The molecule has 28 heavy (non-hydrogen) atoms. The average Bonchev–Trinajstić information content (AvgIpc) is 3.16. The van der Waals surface area contributed by atoms with Crippen LogP contribution in [-0.2, 0) is 19.4 Å². The summed E-state index contributed by atoms with van der Waals surface area (Å²) in [4.78, 5) is 19.9. The number of imidazole rings is 1. The second-order valence-electron chi connectivity index (χ2n) is 9.02. The van der Waals surface area contributed by atoms with Crippen molar-refractivity contribution in [2.24, 2.45) is 11.8 Å². The Hall–Kier alpha value is -2.10. The molecule has 4 heteroatoms. The third-order valence-electron chi connectivity index (χ3n) is 7.28. The van der Waals surface area contributed by atoms with Crippen LogP contribution in [0, 0.1) is 11.8 Å². The van der Waals surface area contributed by atoms with Crippen LogP contribution in [-0.4, -0.2) is 32.9 Å². The molecule has 4 nitrogen and oxygen atoms in total. The first-order valence-corrected chi connectivity index (χ1v) is 11.2. The molecule has 0 radical (unpaired) electrons. The fourth-order valence-corrected chi connectivity index (χ4v) is 5.52. The van der Waals surface area contributed by atoms with E-state index < -0.39 is 0 Å². The molecular formula is C24H31N3O. The van der Waals surface area contributed by atoms with Gasteiger partial charge in [-0.1, -0.05) is 62.4 Å². The van der Waals surface area contributed by atoms with Gasteiger partial charge in [0.2, 0.25) is 0 Å². The quantitative estimate of drug-likeness (QED) is 0.788. The molecule has 1 aromatic heterocycles. The van der Waals surface area contributed by atoms with Crippen LogP contribution in [0.25, 0.3) is 0 Å². The van der Waals surface area contributed by atoms with Crippen molar-refractivity contribution in [2.45, 2.75) is 70.4 Å². The molecule has 1 amide bonds. The summed E-state index contributed by atoms with van der Waals surface area (Å²) in [6.07, 6.45) is 13.4. The second kappa shape index (κ2) is 7.73. The van der Waals surface area contributed by atoms with Gasteiger partial charge in [-0.05, 0) is 36.7 Å². The molecule has 1 saturated heterocycles. The van der Waals surface area contributed by atoms with Gasteiger partial charge in [0, 0.05) is 31.7 Å². The Kier molecular flexibility index (Phi) is 4.96. The molecule has 0 spiro atoms. The van der Waals surface area contributed by atoms with Gasteiger partial charge in [-0.2, -0.15) is 0 Å². The first-order valence-electron chi connectivity index (χ1n) is 11.2. The van der Waals surface area contributed by atoms with Crippen molar-refractivity contribution in [1.29, 1.82) is 0 Å². The van der Waals surface area contributed by atoms with Crippen molar-refractivity contribution >= 4 is 5.91 Å². The number of hydrogen-bond acceptors (Lipinski definition) is 2. The van der Waals surface area contributed by atoms with Crippen molar-refractivity contribution in [3.8, 4) is 0 Å². The molecule has 148 valence electrons. The number of nitrogens with zero attached hydrogens (tertiary/aromatic N) is 3. The second-order valence-corrected chi connectivity index (χ2v) is 9.02. The predicted molar refractivity (Wildman–Crippen MR) is 110 cm³/mol. The molecule has 5 rings (SSSR count). The number of fused-ring (bicyclic) bond motifs is 1. The summed E-state index contributed by atoms with van der Waals surface area (Å²) in [7, 11) is 0. The summed E-state index contributed by atoms with van der Waals surface area (Å²) in [6, 6.07) is 10.8. The molecule has 2 unspecified atom stereocenters. The summed E-state index contributed by atoms with van der Waals surface area (Å²) in [5, 5.41) is 0. The summed E-state index contributed by atoms with van der Waals surface area (Å²) < 4.78 is 2.29. The van der Waals surface area contributed by atoms with E-state index in [2.05, 4.69) is 28.8 Å². The van der Waals surface area contributed by atoms with Crippen molar-refractivity contribution < 1.29 is 4.79 Å². The maximum atomic E-state index is 13.1. The molecule has 2 atom stereocenters. The molecule has 2 aliphatic heterocycles. The number of benzene rings is 1. The minimum Gasteiger partial charge on any atom is -0.334 e. The van der Waals surface area contributed by atoms with Crippen molar-refractivity contribution in [3.05, 3.63) is 53.6 Å². The Morgan fingerprint density at radius 3 is 2.57 bits per heavy atom. The van der Waals surface area contributed by atoms with Gasteiger partial charge in [0.1, 0.15) is 11.5 Å². The normalized spacial score (nSPS) is 25.2. The van der Waals surface area contributed by atoms with Crippen molar-refractivity contribution in [2.75, 3.05) is 6.54 Å². The number of likely N-dealkylation sites (tertiary alicyclic amines) is 1. The number of carbonyl (C=O) groups is 1. The lowest BCUT2D eigenvalue weighted by molar-refractivity contribution is 0.0459. The number of hydrogen-bond donors (Lipinski definition) is 0. The molecule has 1 aromatic carbocycles. The molecule has 3 aliphatic rings. The van der Waals surface area contributed by atoms with Crippen LogP contribution < -0.4 is 0 Å². The highest BCUT2D eigenvalue weighted by Gasteiger charge is 2.35. The predicted octanol–water partition coefficient (Wildman–Crippen LogP) is 4.48. The van der Waals surface area contributed by atoms with E-state index in [0.29, 0.717) is 11.7 Å². The van der Waals surface area contributed by atoms with E-state index in [-0.39, 0.29) is 5.91 Å². The Morgan fingerprint density at radius 1 is 1.00 bits per heavy atom. The third kappa shape index (κ3) is 3.49. The zero-order chi connectivity index (χ0) is 18.9. The van der Waals surface area contributed by atoms with Crippen LogP contribution in [0.1, 0.15) is 66.8 Å². The molecular weight excluding hydrogens is 346 g/mol. The Morgan fingerprint density at radius 2 is 1.82 bits per heavy atom. The number of carbonyl (C=O) groups excluding carboxylic acids is 1. The van der Waals surface area contributed by atoms with E-state index in [1.807, 2.05) is 17.2 Å². The van der Waals surface area contributed by atoms with E-state index in [9.17, 15) is 4.79 Å². The number of aryl methyl sites for hydroxylation is 1. The lowest BCUT2D eigenvalue weighted by Gasteiger charge is -2.40. The van der Waals surface area contributed by atoms with Crippen LogP contribution in [0.2, 0.25) is 0 Å². The summed E-state index contributed by atoms with van der Waals surface area (Å²) >= 11 is 0. The highest BCUT2D eigenvalue weighted by molar-refractivity contribution is 5.93. The zero-order valence-electron chi connectivity index (χ0n) is 16.7. The van der Waals surface area contributed by atoms with E-state index in [0.717, 1.165) is 50.0 Å². The van der Waals surface area contributed by atoms with Gasteiger partial charge in [-0.25, -0.2) is 4.98 Å². The van der Waals surface area contributed by atoms with Gasteiger partial charge in [0.25, 0.3) is 5.91 Å². The van der Waals surface area contributed by atoms with Gasteiger partial charge >= 0.3 is 0 Å². The smallest absolute Gasteiger partial charge is 0.274 e. The lowest BCUT2D eigenvalue weighted by Crippen LogP contribution is -2.52. The van der Waals surface area contributed by atoms with Gasteiger partial charge in [-0.15, -0.1) is 0 Å². The highest BCUT2D eigenvalue weighted by Crippen LogP contribution is 2.36. The fraction of sp³-hybridized carbons (Fsp3) is 0.583. The summed E-state index contributed by atoms with van der Waals surface area (Å²) in [5.41, 5.74) is 1.97. The Balaban J connectivity index is 1.25. The van der Waals surface area contributed by atoms with E-state index in [4.69, 9.17) is 4.98 Å². The zero-order valence-corrected chi connectivity index (χ0v) is 16.7. The fourth-order valence-electron chi connectivity index (χ4n) is 5.52. The first kappa shape index (κ1) is 18.0. The molecule has 0 N–H and O–H groups in total. The molecule has 0 bridgehead atoms. The lowest BCUT2D eigenvalue weighted by atomic mass is 9.77. The third-order valence-corrected chi connectivity index (χ3v) is 7.28. The van der Waals surface area contributed by atoms with E-state index in [1.165, 1.54) is 44.1 Å². The molecule has 3 heterocycles. The average molecular weight is 378 g/mol. The molecule has 1 saturated carbocycles. The van der Waals surface area contributed by atoms with E-state index >= 15 is 0 Å². The maximum Gasteiger partial charge on any atom is 0.274 e. The topological polar surface area (TPSA) is 38.1 Å². The molecule has 2 fully saturated rings. The summed E-state index contributed by atoms with van der Waals surface area (Å²) in [5.74, 6) is 2.91. The number of aromatic nitrogens is 2. The first-order chi connectivity index (χ1) is 13.8. The van der Waals surface area contributed by atoms with E-state index in [1.54, 1.807) is 0 Å². The van der Waals surface area contributed by atoms with Crippen LogP contribution in [0.4, 0.5) is 0 Å². The number of amides is 1.